The van der Waals surface area contributed by atoms with Crippen LogP contribution in [0.2, 0.25) is 0 Å². The van der Waals surface area contributed by atoms with Gasteiger partial charge >= 0.3 is 0 Å². The van der Waals surface area contributed by atoms with E-state index in [4.69, 9.17) is 0 Å². The molecule has 0 saturated carbocycles. The molecule has 1 saturated heterocycles. The maximum Gasteiger partial charge on any atom is 0.273 e. The third kappa shape index (κ3) is 4.02. The van der Waals surface area contributed by atoms with Crippen molar-refractivity contribution in [3.8, 4) is 5.69 Å². The number of fused-ring (bicyclic) bond motifs is 1. The van der Waals surface area contributed by atoms with Gasteiger partial charge in [0, 0.05) is 44.3 Å². The summed E-state index contributed by atoms with van der Waals surface area (Å²) in [7, 11) is 0. The largest absolute Gasteiger partial charge is 0.351 e. The molecule has 0 aliphatic carbocycles. The molecule has 2 aromatic heterocycles. The van der Waals surface area contributed by atoms with Crippen molar-refractivity contribution < 1.29 is 4.79 Å². The van der Waals surface area contributed by atoms with E-state index in [0.717, 1.165) is 61.4 Å². The van der Waals surface area contributed by atoms with Gasteiger partial charge in [0.2, 0.25) is 0 Å². The molecule has 0 bridgehead atoms. The fraction of sp³-hybridized carbons (Fsp3) is 0.400. The van der Waals surface area contributed by atoms with E-state index in [9.17, 15) is 4.79 Å². The molecule has 0 spiro atoms. The van der Waals surface area contributed by atoms with Gasteiger partial charge in [-0.15, -0.1) is 5.10 Å². The lowest BCUT2D eigenvalue weighted by Gasteiger charge is -2.26. The van der Waals surface area contributed by atoms with Crippen LogP contribution < -0.4 is 10.6 Å². The standard InChI is InChI=1S/C20H25N7O/c1-15-19(20(28)23-8-3-11-26-12-9-21-10-13-26)24-25-27(15)17-5-6-18-16(14-17)4-2-7-22-18/h2,4-7,14,21H,3,8-13H2,1H3,(H,23,28). The summed E-state index contributed by atoms with van der Waals surface area (Å²) in [5, 5.41) is 15.6. The molecule has 1 aliphatic rings. The Hall–Kier alpha value is -2.84. The molecule has 0 atom stereocenters. The van der Waals surface area contributed by atoms with Crippen molar-refractivity contribution in [3.05, 3.63) is 47.9 Å². The summed E-state index contributed by atoms with van der Waals surface area (Å²) < 4.78 is 1.70. The molecule has 1 aromatic carbocycles. The zero-order valence-electron chi connectivity index (χ0n) is 16.1. The highest BCUT2D eigenvalue weighted by molar-refractivity contribution is 5.93. The van der Waals surface area contributed by atoms with E-state index in [1.54, 1.807) is 10.9 Å². The molecule has 0 unspecified atom stereocenters. The highest BCUT2D eigenvalue weighted by Gasteiger charge is 2.17. The molecule has 1 aliphatic heterocycles. The molecule has 4 rings (SSSR count). The second kappa shape index (κ2) is 8.45. The van der Waals surface area contributed by atoms with Crippen LogP contribution in [0.4, 0.5) is 0 Å². The summed E-state index contributed by atoms with van der Waals surface area (Å²) in [6.07, 6.45) is 2.70. The van der Waals surface area contributed by atoms with E-state index in [1.165, 1.54) is 0 Å². The summed E-state index contributed by atoms with van der Waals surface area (Å²) in [5.74, 6) is -0.175. The number of nitrogens with zero attached hydrogens (tertiary/aromatic N) is 5. The summed E-state index contributed by atoms with van der Waals surface area (Å²) in [4.78, 5) is 19.3. The third-order valence-corrected chi connectivity index (χ3v) is 5.09. The maximum atomic E-state index is 12.5. The zero-order chi connectivity index (χ0) is 19.3. The minimum Gasteiger partial charge on any atom is -0.351 e. The first-order chi connectivity index (χ1) is 13.7. The Morgan fingerprint density at radius 2 is 2.11 bits per heavy atom. The summed E-state index contributed by atoms with van der Waals surface area (Å²) in [6, 6.07) is 9.79. The molecule has 146 valence electrons. The quantitative estimate of drug-likeness (QED) is 0.625. The van der Waals surface area contributed by atoms with Crippen LogP contribution in [0.3, 0.4) is 0 Å². The van der Waals surface area contributed by atoms with E-state index >= 15 is 0 Å². The van der Waals surface area contributed by atoms with Crippen molar-refractivity contribution in [1.82, 2.24) is 35.5 Å². The Morgan fingerprint density at radius 1 is 1.25 bits per heavy atom. The lowest BCUT2D eigenvalue weighted by Crippen LogP contribution is -2.44. The van der Waals surface area contributed by atoms with Crippen LogP contribution in [0.25, 0.3) is 16.6 Å². The van der Waals surface area contributed by atoms with Crippen LogP contribution in [0.1, 0.15) is 22.6 Å². The summed E-state index contributed by atoms with van der Waals surface area (Å²) in [6.45, 7) is 7.73. The molecule has 1 amide bonds. The topological polar surface area (TPSA) is 88.0 Å². The second-order valence-corrected chi connectivity index (χ2v) is 7.02. The predicted molar refractivity (Wildman–Crippen MR) is 108 cm³/mol. The number of aromatic nitrogens is 4. The van der Waals surface area contributed by atoms with Gasteiger partial charge in [-0.05, 0) is 44.2 Å². The minimum atomic E-state index is -0.175. The number of carbonyl (C=O) groups excluding carboxylic acids is 1. The van der Waals surface area contributed by atoms with Gasteiger partial charge in [0.05, 0.1) is 16.9 Å². The van der Waals surface area contributed by atoms with E-state index < -0.39 is 0 Å². The van der Waals surface area contributed by atoms with Crippen LogP contribution in [-0.2, 0) is 0 Å². The van der Waals surface area contributed by atoms with E-state index in [0.29, 0.717) is 12.2 Å². The average molecular weight is 379 g/mol. The molecule has 28 heavy (non-hydrogen) atoms. The number of benzene rings is 1. The van der Waals surface area contributed by atoms with Gasteiger partial charge < -0.3 is 15.5 Å². The molecule has 1 fully saturated rings. The van der Waals surface area contributed by atoms with Crippen molar-refractivity contribution in [3.63, 3.8) is 0 Å². The monoisotopic (exact) mass is 379 g/mol. The lowest BCUT2D eigenvalue weighted by molar-refractivity contribution is 0.0945. The first-order valence-corrected chi connectivity index (χ1v) is 9.71. The Morgan fingerprint density at radius 3 is 2.96 bits per heavy atom. The number of pyridine rings is 1. The number of hydrogen-bond donors (Lipinski definition) is 2. The zero-order valence-corrected chi connectivity index (χ0v) is 16.1. The van der Waals surface area contributed by atoms with E-state index in [1.807, 2.05) is 37.3 Å². The average Bonchev–Trinajstić information content (AvgIpc) is 3.13. The smallest absolute Gasteiger partial charge is 0.273 e. The number of piperazine rings is 1. The molecule has 0 radical (unpaired) electrons. The van der Waals surface area contributed by atoms with Crippen molar-refractivity contribution in [2.45, 2.75) is 13.3 Å². The molecule has 8 heteroatoms. The van der Waals surface area contributed by atoms with Gasteiger partial charge in [-0.1, -0.05) is 11.3 Å². The van der Waals surface area contributed by atoms with Gasteiger partial charge in [0.25, 0.3) is 5.91 Å². The van der Waals surface area contributed by atoms with Crippen molar-refractivity contribution >= 4 is 16.8 Å². The summed E-state index contributed by atoms with van der Waals surface area (Å²) in [5.41, 5.74) is 2.88. The normalized spacial score (nSPS) is 15.0. The number of nitrogens with one attached hydrogen (secondary N) is 2. The minimum absolute atomic E-state index is 0.175. The number of amides is 1. The van der Waals surface area contributed by atoms with Gasteiger partial charge in [0.1, 0.15) is 0 Å². The van der Waals surface area contributed by atoms with Gasteiger partial charge in [-0.3, -0.25) is 9.78 Å². The molecule has 8 nitrogen and oxygen atoms in total. The summed E-state index contributed by atoms with van der Waals surface area (Å²) >= 11 is 0. The van der Waals surface area contributed by atoms with Crippen molar-refractivity contribution in [2.24, 2.45) is 0 Å². The van der Waals surface area contributed by atoms with Gasteiger partial charge in [0.15, 0.2) is 5.69 Å². The highest BCUT2D eigenvalue weighted by atomic mass is 16.2. The van der Waals surface area contributed by atoms with Crippen LogP contribution in [-0.4, -0.2) is 70.1 Å². The Bertz CT molecular complexity index is 962. The molecular weight excluding hydrogens is 354 g/mol. The molecule has 2 N–H and O–H groups in total. The fourth-order valence-electron chi connectivity index (χ4n) is 3.50. The first-order valence-electron chi connectivity index (χ1n) is 9.71. The first kappa shape index (κ1) is 18.5. The lowest BCUT2D eigenvalue weighted by atomic mass is 10.2. The maximum absolute atomic E-state index is 12.5. The number of carbonyl (C=O) groups is 1. The van der Waals surface area contributed by atoms with Crippen LogP contribution >= 0.6 is 0 Å². The van der Waals surface area contributed by atoms with Crippen LogP contribution in [0, 0.1) is 6.92 Å². The second-order valence-electron chi connectivity index (χ2n) is 7.02. The van der Waals surface area contributed by atoms with Gasteiger partial charge in [-0.2, -0.15) is 0 Å². The number of hydrogen-bond acceptors (Lipinski definition) is 6. The molecule has 3 heterocycles. The van der Waals surface area contributed by atoms with E-state index in [-0.39, 0.29) is 5.91 Å². The Balaban J connectivity index is 1.38. The number of rotatable bonds is 6. The predicted octanol–water partition coefficient (Wildman–Crippen LogP) is 1.15. The fourth-order valence-corrected chi connectivity index (χ4v) is 3.50. The molecular formula is C20H25N7O. The van der Waals surface area contributed by atoms with E-state index in [2.05, 4.69) is 30.8 Å². The van der Waals surface area contributed by atoms with Gasteiger partial charge in [-0.25, -0.2) is 4.68 Å². The van der Waals surface area contributed by atoms with Crippen molar-refractivity contribution in [2.75, 3.05) is 39.3 Å². The third-order valence-electron chi connectivity index (χ3n) is 5.09. The Kier molecular flexibility index (Phi) is 5.59. The Labute approximate surface area is 163 Å². The SMILES string of the molecule is Cc1c(C(=O)NCCCN2CCNCC2)nnn1-c1ccc2ncccc2c1. The van der Waals surface area contributed by atoms with Crippen LogP contribution in [0.15, 0.2) is 36.5 Å². The van der Waals surface area contributed by atoms with Crippen LogP contribution in [0.5, 0.6) is 0 Å². The van der Waals surface area contributed by atoms with Crippen molar-refractivity contribution in [1.29, 1.82) is 0 Å². The molecule has 3 aromatic rings. The highest BCUT2D eigenvalue weighted by Crippen LogP contribution is 2.18.